The summed E-state index contributed by atoms with van der Waals surface area (Å²) in [5, 5.41) is 1.16. The van der Waals surface area contributed by atoms with Crippen molar-refractivity contribution in [3.05, 3.63) is 60.4 Å². The minimum absolute atomic E-state index is 0.978. The van der Waals surface area contributed by atoms with Crippen LogP contribution in [0.3, 0.4) is 0 Å². The van der Waals surface area contributed by atoms with Gasteiger partial charge in [-0.25, -0.2) is 0 Å². The molecule has 3 rings (SSSR count). The second-order valence-corrected chi connectivity index (χ2v) is 3.96. The molecule has 0 aliphatic carbocycles. The third-order valence-electron chi connectivity index (χ3n) is 2.89. The van der Waals surface area contributed by atoms with Crippen LogP contribution in [0.4, 0.5) is 0 Å². The molecule has 0 fully saturated rings. The minimum atomic E-state index is 0.978. The van der Waals surface area contributed by atoms with Crippen LogP contribution in [-0.2, 0) is 0 Å². The third kappa shape index (κ3) is 1.33. The summed E-state index contributed by atoms with van der Waals surface area (Å²) in [6, 6.07) is 16.6. The summed E-state index contributed by atoms with van der Waals surface area (Å²) in [5.41, 5.74) is 4.63. The molecular formula is C15H12O. The van der Waals surface area contributed by atoms with Crippen LogP contribution >= 0.6 is 0 Å². The molecule has 3 aromatic rings. The molecular weight excluding hydrogens is 196 g/mol. The van der Waals surface area contributed by atoms with E-state index in [9.17, 15) is 0 Å². The predicted molar refractivity (Wildman–Crippen MR) is 66.4 cm³/mol. The molecule has 0 atom stereocenters. The highest BCUT2D eigenvalue weighted by Crippen LogP contribution is 2.32. The lowest BCUT2D eigenvalue weighted by Crippen LogP contribution is -1.83. The van der Waals surface area contributed by atoms with Crippen LogP contribution in [0.2, 0.25) is 0 Å². The first-order valence-corrected chi connectivity index (χ1v) is 5.38. The molecule has 0 aliphatic rings. The highest BCUT2D eigenvalue weighted by Gasteiger charge is 2.09. The molecule has 0 saturated carbocycles. The zero-order valence-corrected chi connectivity index (χ0v) is 9.10. The van der Waals surface area contributed by atoms with Crippen LogP contribution in [0.25, 0.3) is 22.1 Å². The van der Waals surface area contributed by atoms with Crippen LogP contribution in [-0.4, -0.2) is 0 Å². The van der Waals surface area contributed by atoms with E-state index in [2.05, 4.69) is 43.3 Å². The average Bonchev–Trinajstić information content (AvgIpc) is 2.78. The summed E-state index contributed by atoms with van der Waals surface area (Å²) in [6.07, 6.45) is 1.75. The van der Waals surface area contributed by atoms with Crippen molar-refractivity contribution in [3.63, 3.8) is 0 Å². The fraction of sp³-hybridized carbons (Fsp3) is 0.0667. The quantitative estimate of drug-likeness (QED) is 0.577. The van der Waals surface area contributed by atoms with E-state index in [1.54, 1.807) is 6.26 Å². The van der Waals surface area contributed by atoms with Gasteiger partial charge in [-0.2, -0.15) is 0 Å². The van der Waals surface area contributed by atoms with Crippen molar-refractivity contribution in [1.82, 2.24) is 0 Å². The lowest BCUT2D eigenvalue weighted by molar-refractivity contribution is 0.616. The van der Waals surface area contributed by atoms with Crippen molar-refractivity contribution in [2.75, 3.05) is 0 Å². The number of hydrogen-bond donors (Lipinski definition) is 0. The molecule has 0 amide bonds. The van der Waals surface area contributed by atoms with Crippen LogP contribution in [0.5, 0.6) is 0 Å². The maximum atomic E-state index is 5.58. The number of furan rings is 1. The van der Waals surface area contributed by atoms with Gasteiger partial charge in [-0.15, -0.1) is 0 Å². The van der Waals surface area contributed by atoms with Crippen molar-refractivity contribution >= 4 is 11.0 Å². The monoisotopic (exact) mass is 208 g/mol. The number of aryl methyl sites for hydroxylation is 1. The molecule has 0 bridgehead atoms. The number of fused-ring (bicyclic) bond motifs is 1. The van der Waals surface area contributed by atoms with Crippen LogP contribution in [0.15, 0.2) is 59.2 Å². The van der Waals surface area contributed by atoms with Gasteiger partial charge in [0.05, 0.1) is 6.26 Å². The Hall–Kier alpha value is -2.02. The molecule has 0 aliphatic heterocycles. The Bertz CT molecular complexity index is 620. The van der Waals surface area contributed by atoms with Crippen molar-refractivity contribution < 1.29 is 4.42 Å². The Labute approximate surface area is 94.3 Å². The van der Waals surface area contributed by atoms with E-state index in [1.807, 2.05) is 12.1 Å². The fourth-order valence-electron chi connectivity index (χ4n) is 2.09. The molecule has 1 aromatic heterocycles. The summed E-state index contributed by atoms with van der Waals surface area (Å²) in [6.45, 7) is 2.12. The molecule has 2 aromatic carbocycles. The molecule has 1 heterocycles. The van der Waals surface area contributed by atoms with Crippen LogP contribution in [0, 0.1) is 6.92 Å². The maximum Gasteiger partial charge on any atom is 0.141 e. The van der Waals surface area contributed by atoms with Gasteiger partial charge in [0.1, 0.15) is 5.58 Å². The lowest BCUT2D eigenvalue weighted by Gasteiger charge is -2.06. The smallest absolute Gasteiger partial charge is 0.141 e. The van der Waals surface area contributed by atoms with E-state index in [-0.39, 0.29) is 0 Å². The average molecular weight is 208 g/mol. The second-order valence-electron chi connectivity index (χ2n) is 3.96. The van der Waals surface area contributed by atoms with Crippen molar-refractivity contribution in [2.45, 2.75) is 6.92 Å². The Morgan fingerprint density at radius 1 is 0.875 bits per heavy atom. The molecule has 16 heavy (non-hydrogen) atoms. The largest absolute Gasteiger partial charge is 0.464 e. The summed E-state index contributed by atoms with van der Waals surface area (Å²) >= 11 is 0. The first-order chi connectivity index (χ1) is 7.86. The van der Waals surface area contributed by atoms with Gasteiger partial charge < -0.3 is 4.42 Å². The Balaban J connectivity index is 2.38. The molecule has 78 valence electrons. The summed E-state index contributed by atoms with van der Waals surface area (Å²) in [5.74, 6) is 0. The van der Waals surface area contributed by atoms with Crippen LogP contribution in [0.1, 0.15) is 5.56 Å². The first-order valence-electron chi connectivity index (χ1n) is 5.38. The number of benzene rings is 2. The standard InChI is InChI=1S/C15H12O/c1-11-7-8-13-9-10-16-15(13)14(11)12-5-3-2-4-6-12/h2-10H,1H3. The van der Waals surface area contributed by atoms with Gasteiger partial charge in [0.15, 0.2) is 0 Å². The Kier molecular flexibility index (Phi) is 2.03. The van der Waals surface area contributed by atoms with Gasteiger partial charge in [-0.05, 0) is 24.1 Å². The summed E-state index contributed by atoms with van der Waals surface area (Å²) in [7, 11) is 0. The highest BCUT2D eigenvalue weighted by molar-refractivity contribution is 5.94. The van der Waals surface area contributed by atoms with E-state index in [1.165, 1.54) is 16.7 Å². The fourth-order valence-corrected chi connectivity index (χ4v) is 2.09. The minimum Gasteiger partial charge on any atom is -0.464 e. The highest BCUT2D eigenvalue weighted by atomic mass is 16.3. The van der Waals surface area contributed by atoms with E-state index < -0.39 is 0 Å². The topological polar surface area (TPSA) is 13.1 Å². The number of rotatable bonds is 1. The molecule has 0 N–H and O–H groups in total. The normalized spacial score (nSPS) is 10.8. The molecule has 0 radical (unpaired) electrons. The van der Waals surface area contributed by atoms with Crippen molar-refractivity contribution in [1.29, 1.82) is 0 Å². The third-order valence-corrected chi connectivity index (χ3v) is 2.89. The van der Waals surface area contributed by atoms with Gasteiger partial charge >= 0.3 is 0 Å². The van der Waals surface area contributed by atoms with Gasteiger partial charge in [-0.1, -0.05) is 42.5 Å². The summed E-state index contributed by atoms with van der Waals surface area (Å²) in [4.78, 5) is 0. The van der Waals surface area contributed by atoms with Crippen LogP contribution < -0.4 is 0 Å². The molecule has 1 nitrogen and oxygen atoms in total. The maximum absolute atomic E-state index is 5.58. The van der Waals surface area contributed by atoms with Gasteiger partial charge in [-0.3, -0.25) is 0 Å². The molecule has 0 unspecified atom stereocenters. The van der Waals surface area contributed by atoms with Gasteiger partial charge in [0.2, 0.25) is 0 Å². The van der Waals surface area contributed by atoms with E-state index >= 15 is 0 Å². The van der Waals surface area contributed by atoms with E-state index in [4.69, 9.17) is 4.42 Å². The van der Waals surface area contributed by atoms with Gasteiger partial charge in [0, 0.05) is 10.9 Å². The SMILES string of the molecule is Cc1ccc2ccoc2c1-c1ccccc1. The second kappa shape index (κ2) is 3.53. The first kappa shape index (κ1) is 9.22. The van der Waals surface area contributed by atoms with Gasteiger partial charge in [0.25, 0.3) is 0 Å². The zero-order chi connectivity index (χ0) is 11.0. The molecule has 0 spiro atoms. The summed E-state index contributed by atoms with van der Waals surface area (Å²) < 4.78 is 5.58. The Morgan fingerprint density at radius 3 is 2.50 bits per heavy atom. The van der Waals surface area contributed by atoms with E-state index in [0.29, 0.717) is 0 Å². The van der Waals surface area contributed by atoms with Crippen molar-refractivity contribution in [3.8, 4) is 11.1 Å². The lowest BCUT2D eigenvalue weighted by atomic mass is 9.99. The zero-order valence-electron chi connectivity index (χ0n) is 9.10. The predicted octanol–water partition coefficient (Wildman–Crippen LogP) is 4.41. The Morgan fingerprint density at radius 2 is 1.69 bits per heavy atom. The van der Waals surface area contributed by atoms with Crippen molar-refractivity contribution in [2.24, 2.45) is 0 Å². The van der Waals surface area contributed by atoms with E-state index in [0.717, 1.165) is 11.0 Å². The molecule has 0 saturated heterocycles. The number of hydrogen-bond acceptors (Lipinski definition) is 1. The molecule has 1 heteroatoms.